The van der Waals surface area contributed by atoms with Crippen LogP contribution in [0.3, 0.4) is 0 Å². The van der Waals surface area contributed by atoms with Gasteiger partial charge < -0.3 is 15.3 Å². The molecular formula is C20H20FN3O5. The van der Waals surface area contributed by atoms with E-state index in [1.54, 1.807) is 13.1 Å². The van der Waals surface area contributed by atoms with Crippen molar-refractivity contribution in [3.8, 4) is 0 Å². The number of carboxylic acid groups (broad SMARTS) is 1. The lowest BCUT2D eigenvalue weighted by atomic mass is 9.91. The Morgan fingerprint density at radius 2 is 2.03 bits per heavy atom. The summed E-state index contributed by atoms with van der Waals surface area (Å²) in [7, 11) is 0. The first kappa shape index (κ1) is 20.4. The maximum Gasteiger partial charge on any atom is 0.305 e. The van der Waals surface area contributed by atoms with E-state index in [9.17, 15) is 18.8 Å². The molecule has 1 amide bonds. The summed E-state index contributed by atoms with van der Waals surface area (Å²) in [6.07, 6.45) is 1.28. The second-order valence-corrected chi connectivity index (χ2v) is 6.79. The van der Waals surface area contributed by atoms with Gasteiger partial charge in [0.05, 0.1) is 12.1 Å². The molecule has 3 rings (SSSR count). The lowest BCUT2D eigenvalue weighted by molar-refractivity contribution is -0.148. The summed E-state index contributed by atoms with van der Waals surface area (Å²) >= 11 is 0. The Morgan fingerprint density at radius 1 is 1.31 bits per heavy atom. The minimum absolute atomic E-state index is 0.0876. The number of benzene rings is 1. The molecule has 2 heterocycles. The van der Waals surface area contributed by atoms with E-state index in [0.717, 1.165) is 10.8 Å². The second kappa shape index (κ2) is 8.34. The van der Waals surface area contributed by atoms with Crippen molar-refractivity contribution >= 4 is 34.1 Å². The fourth-order valence-electron chi connectivity index (χ4n) is 3.13. The summed E-state index contributed by atoms with van der Waals surface area (Å²) < 4.78 is 12.7. The lowest BCUT2D eigenvalue weighted by Crippen LogP contribution is -2.53. The zero-order valence-corrected chi connectivity index (χ0v) is 15.7. The number of carbonyl (C=O) groups excluding carboxylic acids is 2. The van der Waals surface area contributed by atoms with Crippen LogP contribution < -0.4 is 5.32 Å². The number of rotatable bonds is 8. The third kappa shape index (κ3) is 4.23. The number of aliphatic carboxylic acids is 1. The van der Waals surface area contributed by atoms with Crippen LogP contribution in [0.1, 0.15) is 31.9 Å². The van der Waals surface area contributed by atoms with E-state index in [4.69, 9.17) is 9.94 Å². The van der Waals surface area contributed by atoms with Crippen molar-refractivity contribution in [1.29, 1.82) is 0 Å². The Labute approximate surface area is 165 Å². The van der Waals surface area contributed by atoms with Crippen LogP contribution >= 0.6 is 0 Å². The van der Waals surface area contributed by atoms with Crippen molar-refractivity contribution in [2.75, 3.05) is 6.67 Å². The number of alkyl halides is 1. The normalized spacial score (nSPS) is 19.3. The van der Waals surface area contributed by atoms with Crippen LogP contribution in [0.5, 0.6) is 0 Å². The van der Waals surface area contributed by atoms with Crippen LogP contribution in [0.2, 0.25) is 0 Å². The number of fused-ring (bicyclic) bond motifs is 1. The molecule has 9 heteroatoms. The average Bonchev–Trinajstić information content (AvgIpc) is 3.18. The highest BCUT2D eigenvalue weighted by Gasteiger charge is 2.46. The van der Waals surface area contributed by atoms with Crippen molar-refractivity contribution < 1.29 is 28.7 Å². The predicted octanol–water partition coefficient (Wildman–Crippen LogP) is 2.01. The number of oxime groups is 1. The van der Waals surface area contributed by atoms with Gasteiger partial charge in [-0.15, -0.1) is 0 Å². The first-order valence-electron chi connectivity index (χ1n) is 9.10. The van der Waals surface area contributed by atoms with E-state index in [-0.39, 0.29) is 12.8 Å². The number of carbonyl (C=O) groups is 3. The smallest absolute Gasteiger partial charge is 0.305 e. The van der Waals surface area contributed by atoms with Crippen molar-refractivity contribution in [3.63, 3.8) is 0 Å². The largest absolute Gasteiger partial charge is 0.481 e. The molecule has 2 N–H and O–H groups in total. The minimum Gasteiger partial charge on any atom is -0.481 e. The van der Waals surface area contributed by atoms with Crippen LogP contribution in [0, 0.1) is 0 Å². The van der Waals surface area contributed by atoms with E-state index < -0.39 is 42.4 Å². The summed E-state index contributed by atoms with van der Waals surface area (Å²) in [5.41, 5.74) is -0.413. The fraction of sp³-hybridized carbons (Fsp3) is 0.350. The van der Waals surface area contributed by atoms with Crippen LogP contribution in [0.15, 0.2) is 41.7 Å². The van der Waals surface area contributed by atoms with Crippen molar-refractivity contribution in [2.45, 2.75) is 37.8 Å². The molecule has 2 aromatic rings. The van der Waals surface area contributed by atoms with E-state index in [1.165, 1.54) is 0 Å². The van der Waals surface area contributed by atoms with Gasteiger partial charge in [-0.3, -0.25) is 19.4 Å². The number of nitrogens with one attached hydrogen (secondary N) is 1. The molecule has 0 bridgehead atoms. The highest BCUT2D eigenvalue weighted by Crippen LogP contribution is 2.30. The molecule has 1 aliphatic heterocycles. The molecule has 0 spiro atoms. The Morgan fingerprint density at radius 3 is 2.69 bits per heavy atom. The number of halogens is 1. The van der Waals surface area contributed by atoms with E-state index in [0.29, 0.717) is 11.4 Å². The molecule has 0 saturated carbocycles. The van der Waals surface area contributed by atoms with E-state index in [1.807, 2.05) is 30.3 Å². The van der Waals surface area contributed by atoms with Gasteiger partial charge in [0.25, 0.3) is 5.91 Å². The maximum absolute atomic E-state index is 12.8. The van der Waals surface area contributed by atoms with Gasteiger partial charge in [0.2, 0.25) is 5.60 Å². The summed E-state index contributed by atoms with van der Waals surface area (Å²) in [5, 5.41) is 17.1. The molecule has 1 aliphatic rings. The van der Waals surface area contributed by atoms with E-state index in [2.05, 4.69) is 15.5 Å². The number of aromatic nitrogens is 1. The third-order valence-corrected chi connectivity index (χ3v) is 4.90. The quantitative estimate of drug-likeness (QED) is 0.699. The zero-order valence-electron chi connectivity index (χ0n) is 15.7. The molecule has 29 heavy (non-hydrogen) atoms. The molecule has 152 valence electrons. The van der Waals surface area contributed by atoms with Crippen molar-refractivity contribution in [1.82, 2.24) is 10.3 Å². The average molecular weight is 401 g/mol. The highest BCUT2D eigenvalue weighted by molar-refractivity contribution is 6.06. The van der Waals surface area contributed by atoms with Gasteiger partial charge >= 0.3 is 5.97 Å². The SMILES string of the molecule is CC[C@@]1(C(=O)NC(CC(=O)O)C(=O)CF)CC(c2cc3ccccc3cn2)=NO1. The topological polar surface area (TPSA) is 118 Å². The van der Waals surface area contributed by atoms with Gasteiger partial charge in [0.15, 0.2) is 5.78 Å². The van der Waals surface area contributed by atoms with E-state index >= 15 is 0 Å². The molecule has 0 radical (unpaired) electrons. The van der Waals surface area contributed by atoms with Crippen molar-refractivity contribution in [3.05, 3.63) is 42.2 Å². The van der Waals surface area contributed by atoms with Gasteiger partial charge in [-0.1, -0.05) is 36.3 Å². The minimum atomic E-state index is -1.47. The predicted molar refractivity (Wildman–Crippen MR) is 102 cm³/mol. The molecule has 1 aromatic heterocycles. The number of nitrogens with zero attached hydrogens (tertiary/aromatic N) is 2. The molecule has 1 aromatic carbocycles. The van der Waals surface area contributed by atoms with Gasteiger partial charge in [-0.25, -0.2) is 4.39 Å². The Balaban J connectivity index is 1.79. The third-order valence-electron chi connectivity index (χ3n) is 4.90. The summed E-state index contributed by atoms with van der Waals surface area (Å²) in [5.74, 6) is -3.05. The molecule has 2 atom stereocenters. The Hall–Kier alpha value is -3.36. The second-order valence-electron chi connectivity index (χ2n) is 6.79. The summed E-state index contributed by atoms with van der Waals surface area (Å²) in [6, 6.07) is 8.01. The zero-order chi connectivity index (χ0) is 21.0. The lowest BCUT2D eigenvalue weighted by Gasteiger charge is -2.26. The van der Waals surface area contributed by atoms with Crippen LogP contribution in [0.4, 0.5) is 4.39 Å². The number of hydrogen-bond donors (Lipinski definition) is 2. The molecule has 0 aliphatic carbocycles. The number of amides is 1. The van der Waals surface area contributed by atoms with Crippen LogP contribution in [-0.2, 0) is 19.2 Å². The van der Waals surface area contributed by atoms with Gasteiger partial charge in [0, 0.05) is 18.0 Å². The number of hydrogen-bond acceptors (Lipinski definition) is 6. The number of ketones is 1. The summed E-state index contributed by atoms with van der Waals surface area (Å²) in [4.78, 5) is 45.2. The Kier molecular flexibility index (Phi) is 5.86. The molecule has 1 unspecified atom stereocenters. The van der Waals surface area contributed by atoms with Gasteiger partial charge in [-0.2, -0.15) is 0 Å². The molecular weight excluding hydrogens is 381 g/mol. The molecule has 8 nitrogen and oxygen atoms in total. The van der Waals surface area contributed by atoms with Crippen molar-refractivity contribution in [2.24, 2.45) is 5.16 Å². The van der Waals surface area contributed by atoms with Crippen LogP contribution in [0.25, 0.3) is 10.8 Å². The number of Topliss-reactive ketones (excluding diaryl/α,β-unsaturated/α-hetero) is 1. The molecule has 0 saturated heterocycles. The highest BCUT2D eigenvalue weighted by atomic mass is 19.1. The first-order chi connectivity index (χ1) is 13.9. The standard InChI is InChI=1S/C20H20FN3O5/c1-2-20(19(28)23-15(8-18(26)27)17(25)10-21)9-16(24-29-20)14-7-12-5-3-4-6-13(12)11-22-14/h3-7,11,15H,2,8-10H2,1H3,(H,23,28)(H,26,27)/t15?,20-/m0/s1. The fourth-order valence-corrected chi connectivity index (χ4v) is 3.13. The number of pyridine rings is 1. The monoisotopic (exact) mass is 401 g/mol. The summed E-state index contributed by atoms with van der Waals surface area (Å²) in [6.45, 7) is 0.329. The first-order valence-corrected chi connectivity index (χ1v) is 9.10. The van der Waals surface area contributed by atoms with Crippen LogP contribution in [-0.4, -0.2) is 51.8 Å². The van der Waals surface area contributed by atoms with Gasteiger partial charge in [0.1, 0.15) is 18.4 Å². The number of carboxylic acids is 1. The van der Waals surface area contributed by atoms with Gasteiger partial charge in [-0.05, 0) is 17.9 Å². The molecule has 0 fully saturated rings. The Bertz CT molecular complexity index is 993. The maximum atomic E-state index is 12.8.